The van der Waals surface area contributed by atoms with E-state index in [-0.39, 0.29) is 17.3 Å². The summed E-state index contributed by atoms with van der Waals surface area (Å²) >= 11 is 0. The van der Waals surface area contributed by atoms with Crippen LogP contribution in [-0.4, -0.2) is 53.0 Å². The van der Waals surface area contributed by atoms with Crippen molar-refractivity contribution in [3.8, 4) is 0 Å². The summed E-state index contributed by atoms with van der Waals surface area (Å²) in [4.78, 5) is 14.5. The third-order valence-corrected chi connectivity index (χ3v) is 5.55. The van der Waals surface area contributed by atoms with Crippen molar-refractivity contribution >= 4 is 21.6 Å². The molecular formula is C19H25N3O3S. The molecule has 0 aromatic heterocycles. The molecule has 1 N–H and O–H groups in total. The molecule has 0 spiro atoms. The molecule has 0 fully saturated rings. The molecule has 2 aromatic carbocycles. The molecule has 0 unspecified atom stereocenters. The van der Waals surface area contributed by atoms with Crippen LogP contribution >= 0.6 is 0 Å². The molecule has 2 rings (SSSR count). The van der Waals surface area contributed by atoms with E-state index in [1.165, 1.54) is 12.1 Å². The first-order chi connectivity index (χ1) is 12.4. The summed E-state index contributed by atoms with van der Waals surface area (Å²) in [5.41, 5.74) is 0.458. The van der Waals surface area contributed by atoms with Gasteiger partial charge in [0.15, 0.2) is 0 Å². The van der Waals surface area contributed by atoms with Gasteiger partial charge in [-0.05, 0) is 51.3 Å². The Bertz CT molecular complexity index is 793. The third-order valence-electron chi connectivity index (χ3n) is 3.77. The molecule has 6 nitrogen and oxygen atoms in total. The highest BCUT2D eigenvalue weighted by molar-refractivity contribution is 7.92. The Morgan fingerprint density at radius 1 is 0.962 bits per heavy atom. The zero-order valence-corrected chi connectivity index (χ0v) is 15.9. The van der Waals surface area contributed by atoms with Crippen LogP contribution < -0.4 is 9.62 Å². The molecule has 1 amide bonds. The maximum atomic E-state index is 13.0. The van der Waals surface area contributed by atoms with Crippen LogP contribution in [0.3, 0.4) is 0 Å². The highest BCUT2D eigenvalue weighted by Gasteiger charge is 2.26. The normalized spacial score (nSPS) is 11.3. The summed E-state index contributed by atoms with van der Waals surface area (Å²) in [6.45, 7) is 1.10. The van der Waals surface area contributed by atoms with E-state index in [1.54, 1.807) is 48.5 Å². The third kappa shape index (κ3) is 5.57. The van der Waals surface area contributed by atoms with Crippen molar-refractivity contribution in [3.05, 3.63) is 60.7 Å². The van der Waals surface area contributed by atoms with Gasteiger partial charge in [0.25, 0.3) is 10.0 Å². The van der Waals surface area contributed by atoms with Crippen molar-refractivity contribution in [1.82, 2.24) is 10.2 Å². The van der Waals surface area contributed by atoms with Gasteiger partial charge in [-0.3, -0.25) is 9.10 Å². The van der Waals surface area contributed by atoms with Gasteiger partial charge < -0.3 is 10.2 Å². The van der Waals surface area contributed by atoms with E-state index >= 15 is 0 Å². The maximum Gasteiger partial charge on any atom is 0.264 e. The van der Waals surface area contributed by atoms with Gasteiger partial charge in [-0.25, -0.2) is 8.42 Å². The highest BCUT2D eigenvalue weighted by atomic mass is 32.2. The van der Waals surface area contributed by atoms with Gasteiger partial charge in [0.2, 0.25) is 5.91 Å². The quantitative estimate of drug-likeness (QED) is 0.680. The van der Waals surface area contributed by atoms with Gasteiger partial charge >= 0.3 is 0 Å². The number of anilines is 1. The first-order valence-corrected chi connectivity index (χ1v) is 9.89. The van der Waals surface area contributed by atoms with E-state index in [2.05, 4.69) is 5.32 Å². The van der Waals surface area contributed by atoms with Crippen LogP contribution in [0.15, 0.2) is 65.6 Å². The van der Waals surface area contributed by atoms with Crippen LogP contribution in [0, 0.1) is 0 Å². The standard InChI is InChI=1S/C19H25N3O3S/c1-21(2)15-9-14-20-19(23)16-22(17-10-5-3-6-11-17)26(24,25)18-12-7-4-8-13-18/h3-8,10-13H,9,14-16H2,1-2H3,(H,20,23). The smallest absolute Gasteiger partial charge is 0.264 e. The van der Waals surface area contributed by atoms with Gasteiger partial charge in [-0.2, -0.15) is 0 Å². The fraction of sp³-hybridized carbons (Fsp3) is 0.316. The Morgan fingerprint density at radius 2 is 1.54 bits per heavy atom. The number of hydrogen-bond donors (Lipinski definition) is 1. The van der Waals surface area contributed by atoms with Gasteiger partial charge in [-0.15, -0.1) is 0 Å². The summed E-state index contributed by atoms with van der Waals surface area (Å²) in [5, 5.41) is 2.79. The zero-order chi connectivity index (χ0) is 19.0. The van der Waals surface area contributed by atoms with Crippen LogP contribution in [0.5, 0.6) is 0 Å². The molecule has 0 atom stereocenters. The Labute approximate surface area is 155 Å². The van der Waals surface area contributed by atoms with E-state index in [4.69, 9.17) is 0 Å². The molecular weight excluding hydrogens is 350 g/mol. The summed E-state index contributed by atoms with van der Waals surface area (Å²) in [6.07, 6.45) is 0.801. The van der Waals surface area contributed by atoms with E-state index in [0.717, 1.165) is 17.3 Å². The second-order valence-electron chi connectivity index (χ2n) is 6.17. The van der Waals surface area contributed by atoms with Crippen LogP contribution in [0.2, 0.25) is 0 Å². The van der Waals surface area contributed by atoms with Crippen molar-refractivity contribution < 1.29 is 13.2 Å². The lowest BCUT2D eigenvalue weighted by Gasteiger charge is -2.24. The fourth-order valence-electron chi connectivity index (χ4n) is 2.44. The molecule has 0 saturated carbocycles. The monoisotopic (exact) mass is 375 g/mol. The Kier molecular flexibility index (Phi) is 7.17. The number of nitrogens with one attached hydrogen (secondary N) is 1. The summed E-state index contributed by atoms with van der Waals surface area (Å²) in [6, 6.07) is 16.8. The van der Waals surface area contributed by atoms with Gasteiger partial charge in [0.05, 0.1) is 10.6 Å². The van der Waals surface area contributed by atoms with Crippen LogP contribution in [-0.2, 0) is 14.8 Å². The van der Waals surface area contributed by atoms with E-state index in [1.807, 2.05) is 19.0 Å². The Hall–Kier alpha value is -2.38. The van der Waals surface area contributed by atoms with E-state index in [0.29, 0.717) is 12.2 Å². The minimum absolute atomic E-state index is 0.157. The molecule has 7 heteroatoms. The van der Waals surface area contributed by atoms with Crippen molar-refractivity contribution in [1.29, 1.82) is 0 Å². The number of sulfonamides is 1. The first-order valence-electron chi connectivity index (χ1n) is 8.45. The molecule has 0 radical (unpaired) electrons. The zero-order valence-electron chi connectivity index (χ0n) is 15.1. The highest BCUT2D eigenvalue weighted by Crippen LogP contribution is 2.22. The lowest BCUT2D eigenvalue weighted by atomic mass is 10.3. The van der Waals surface area contributed by atoms with Crippen LogP contribution in [0.4, 0.5) is 5.69 Å². The summed E-state index contributed by atoms with van der Waals surface area (Å²) in [5.74, 6) is -0.327. The molecule has 0 aliphatic heterocycles. The molecule has 2 aromatic rings. The maximum absolute atomic E-state index is 13.0. The van der Waals surface area contributed by atoms with Crippen molar-refractivity contribution in [2.45, 2.75) is 11.3 Å². The lowest BCUT2D eigenvalue weighted by molar-refractivity contribution is -0.119. The number of hydrogen-bond acceptors (Lipinski definition) is 4. The lowest BCUT2D eigenvalue weighted by Crippen LogP contribution is -2.41. The summed E-state index contributed by atoms with van der Waals surface area (Å²) in [7, 11) is 0.0984. The SMILES string of the molecule is CN(C)CCCNC(=O)CN(c1ccccc1)S(=O)(=O)c1ccccc1. The topological polar surface area (TPSA) is 69.7 Å². The van der Waals surface area contributed by atoms with Gasteiger partial charge in [0.1, 0.15) is 6.54 Å². The van der Waals surface area contributed by atoms with Crippen molar-refractivity contribution in [3.63, 3.8) is 0 Å². The molecule has 0 aliphatic rings. The Morgan fingerprint density at radius 3 is 2.12 bits per heavy atom. The minimum Gasteiger partial charge on any atom is -0.354 e. The molecule has 140 valence electrons. The molecule has 0 bridgehead atoms. The average molecular weight is 375 g/mol. The van der Waals surface area contributed by atoms with Crippen molar-refractivity contribution in [2.75, 3.05) is 38.0 Å². The van der Waals surface area contributed by atoms with Gasteiger partial charge in [-0.1, -0.05) is 36.4 Å². The second kappa shape index (κ2) is 9.35. The number of carbonyl (C=O) groups excluding carboxylic acids is 1. The van der Waals surface area contributed by atoms with E-state index in [9.17, 15) is 13.2 Å². The minimum atomic E-state index is -3.83. The number of rotatable bonds is 9. The first kappa shape index (κ1) is 19.9. The summed E-state index contributed by atoms with van der Waals surface area (Å²) < 4.78 is 27.2. The molecule has 0 heterocycles. The number of nitrogens with zero attached hydrogens (tertiary/aromatic N) is 2. The number of benzene rings is 2. The van der Waals surface area contributed by atoms with Crippen LogP contribution in [0.25, 0.3) is 0 Å². The number of amides is 1. The van der Waals surface area contributed by atoms with Crippen LogP contribution in [0.1, 0.15) is 6.42 Å². The van der Waals surface area contributed by atoms with Crippen molar-refractivity contribution in [2.24, 2.45) is 0 Å². The predicted octanol–water partition coefficient (Wildman–Crippen LogP) is 1.95. The molecule has 0 aliphatic carbocycles. The Balaban J connectivity index is 2.17. The average Bonchev–Trinajstić information content (AvgIpc) is 2.64. The fourth-order valence-corrected chi connectivity index (χ4v) is 3.88. The number of carbonyl (C=O) groups is 1. The largest absolute Gasteiger partial charge is 0.354 e. The molecule has 0 saturated heterocycles. The number of para-hydroxylation sites is 1. The predicted molar refractivity (Wildman–Crippen MR) is 104 cm³/mol. The second-order valence-corrected chi connectivity index (χ2v) is 8.03. The van der Waals surface area contributed by atoms with Gasteiger partial charge in [0, 0.05) is 6.54 Å². The van der Waals surface area contributed by atoms with E-state index < -0.39 is 10.0 Å². The molecule has 26 heavy (non-hydrogen) atoms.